The summed E-state index contributed by atoms with van der Waals surface area (Å²) in [4.78, 5) is 11.5. The van der Waals surface area contributed by atoms with Gasteiger partial charge >= 0.3 is 0 Å². The molecule has 0 saturated carbocycles. The van der Waals surface area contributed by atoms with Gasteiger partial charge in [0.25, 0.3) is 10.1 Å². The van der Waals surface area contributed by atoms with Crippen molar-refractivity contribution in [1.82, 2.24) is 5.32 Å². The van der Waals surface area contributed by atoms with Crippen LogP contribution in [0, 0.1) is 0 Å². The highest BCUT2D eigenvalue weighted by Crippen LogP contribution is 2.26. The lowest BCUT2D eigenvalue weighted by molar-refractivity contribution is -0.268. The van der Waals surface area contributed by atoms with Crippen LogP contribution in [-0.2, 0) is 35.2 Å². The Morgan fingerprint density at radius 1 is 1.31 bits per heavy atom. The average molecular weight is 389 g/mol. The molecule has 1 aliphatic rings. The van der Waals surface area contributed by atoms with E-state index in [1.807, 2.05) is 30.3 Å². The van der Waals surface area contributed by atoms with Gasteiger partial charge in [0.15, 0.2) is 6.29 Å². The number of carbonyl (C=O) groups is 1. The molecular weight excluding hydrogens is 366 g/mol. The second-order valence-electron chi connectivity index (χ2n) is 6.00. The summed E-state index contributed by atoms with van der Waals surface area (Å²) in [6, 6.07) is 8.07. The van der Waals surface area contributed by atoms with Crippen molar-refractivity contribution in [2.45, 2.75) is 44.2 Å². The van der Waals surface area contributed by atoms with E-state index in [1.165, 1.54) is 6.92 Å². The smallest absolute Gasteiger partial charge is 0.264 e. The summed E-state index contributed by atoms with van der Waals surface area (Å²) in [5, 5.41) is 22.5. The zero-order valence-electron chi connectivity index (χ0n) is 14.4. The van der Waals surface area contributed by atoms with E-state index in [-0.39, 0.29) is 6.61 Å². The molecule has 1 aromatic carbocycles. The van der Waals surface area contributed by atoms with Gasteiger partial charge in [-0.15, -0.1) is 0 Å². The van der Waals surface area contributed by atoms with Gasteiger partial charge in [-0.05, 0) is 5.56 Å². The highest BCUT2D eigenvalue weighted by Gasteiger charge is 2.48. The molecule has 0 bridgehead atoms. The zero-order chi connectivity index (χ0) is 19.3. The summed E-state index contributed by atoms with van der Waals surface area (Å²) in [5.41, 5.74) is 0.835. The van der Waals surface area contributed by atoms with E-state index in [9.17, 15) is 23.4 Å². The first-order valence-corrected chi connectivity index (χ1v) is 9.78. The Bertz CT molecular complexity index is 695. The molecular formula is C16H23NO8S. The minimum atomic E-state index is -3.93. The quantitative estimate of drug-likeness (QED) is 0.513. The predicted octanol–water partition coefficient (Wildman–Crippen LogP) is -0.869. The lowest BCUT2D eigenvalue weighted by atomic mass is 9.97. The third-order valence-corrected chi connectivity index (χ3v) is 4.34. The predicted molar refractivity (Wildman–Crippen MR) is 90.3 cm³/mol. The minimum absolute atomic E-state index is 0.129. The van der Waals surface area contributed by atoms with Crippen molar-refractivity contribution in [3.05, 3.63) is 35.9 Å². The first-order valence-electron chi connectivity index (χ1n) is 7.96. The van der Waals surface area contributed by atoms with Crippen LogP contribution in [0.15, 0.2) is 30.3 Å². The summed E-state index contributed by atoms with van der Waals surface area (Å²) >= 11 is 0. The maximum Gasteiger partial charge on any atom is 0.264 e. The van der Waals surface area contributed by atoms with Crippen LogP contribution >= 0.6 is 0 Å². The molecule has 3 N–H and O–H groups in total. The Kier molecular flexibility index (Phi) is 7.09. The molecule has 0 aliphatic carbocycles. The number of carbonyl (C=O) groups excluding carboxylic acids is 1. The summed E-state index contributed by atoms with van der Waals surface area (Å²) in [7, 11) is -3.93. The number of rotatable bonds is 7. The van der Waals surface area contributed by atoms with Crippen molar-refractivity contribution in [2.24, 2.45) is 0 Å². The molecule has 0 aromatic heterocycles. The van der Waals surface area contributed by atoms with Gasteiger partial charge in [-0.25, -0.2) is 0 Å². The van der Waals surface area contributed by atoms with Gasteiger partial charge in [0.2, 0.25) is 5.91 Å². The van der Waals surface area contributed by atoms with E-state index < -0.39 is 53.3 Å². The number of benzene rings is 1. The van der Waals surface area contributed by atoms with E-state index in [2.05, 4.69) is 5.32 Å². The second-order valence-corrected chi connectivity index (χ2v) is 7.60. The van der Waals surface area contributed by atoms with Crippen molar-refractivity contribution in [2.75, 3.05) is 12.9 Å². The molecule has 146 valence electrons. The lowest BCUT2D eigenvalue weighted by Crippen LogP contribution is -2.65. The van der Waals surface area contributed by atoms with Crippen molar-refractivity contribution in [3.8, 4) is 0 Å². The van der Waals surface area contributed by atoms with Crippen LogP contribution in [0.3, 0.4) is 0 Å². The number of hydrogen-bond donors (Lipinski definition) is 3. The molecule has 1 aliphatic heterocycles. The summed E-state index contributed by atoms with van der Waals surface area (Å²) in [6.07, 6.45) is -4.29. The SMILES string of the molecule is CC(=O)N[C@@H]1[C@H](OCc2ccccc2)O[C@@H](CO)[C@@H](OS(C)(=O)=O)[C@@H]1O. The maximum atomic E-state index is 11.5. The van der Waals surface area contributed by atoms with Crippen molar-refractivity contribution in [3.63, 3.8) is 0 Å². The fourth-order valence-electron chi connectivity index (χ4n) is 2.67. The molecule has 0 spiro atoms. The van der Waals surface area contributed by atoms with Gasteiger partial charge in [-0.3, -0.25) is 8.98 Å². The third-order valence-electron chi connectivity index (χ3n) is 3.77. The molecule has 0 unspecified atom stereocenters. The number of aliphatic hydroxyl groups excluding tert-OH is 2. The highest BCUT2D eigenvalue weighted by atomic mass is 32.2. The van der Waals surface area contributed by atoms with Crippen molar-refractivity contribution >= 4 is 16.0 Å². The average Bonchev–Trinajstić information content (AvgIpc) is 2.57. The second kappa shape index (κ2) is 8.89. The van der Waals surface area contributed by atoms with E-state index in [4.69, 9.17) is 13.7 Å². The summed E-state index contributed by atoms with van der Waals surface area (Å²) in [6.45, 7) is 0.769. The Labute approximate surface area is 152 Å². The molecule has 0 radical (unpaired) electrons. The fraction of sp³-hybridized carbons (Fsp3) is 0.562. The molecule has 1 heterocycles. The number of hydrogen-bond acceptors (Lipinski definition) is 8. The molecule has 10 heteroatoms. The third kappa shape index (κ3) is 5.73. The molecule has 5 atom stereocenters. The molecule has 1 aromatic rings. The number of aliphatic hydroxyl groups is 2. The Morgan fingerprint density at radius 3 is 2.50 bits per heavy atom. The van der Waals surface area contributed by atoms with Gasteiger partial charge in [-0.2, -0.15) is 8.42 Å². The van der Waals surface area contributed by atoms with Crippen LogP contribution in [-0.4, -0.2) is 68.0 Å². The lowest BCUT2D eigenvalue weighted by Gasteiger charge is -2.43. The topological polar surface area (TPSA) is 131 Å². The monoisotopic (exact) mass is 389 g/mol. The molecule has 2 rings (SSSR count). The molecule has 26 heavy (non-hydrogen) atoms. The highest BCUT2D eigenvalue weighted by molar-refractivity contribution is 7.86. The van der Waals surface area contributed by atoms with Gasteiger partial charge in [0, 0.05) is 6.92 Å². The first kappa shape index (κ1) is 20.7. The molecule has 1 amide bonds. The van der Waals surface area contributed by atoms with Crippen molar-refractivity contribution < 1.29 is 37.1 Å². The minimum Gasteiger partial charge on any atom is -0.394 e. The van der Waals surface area contributed by atoms with Gasteiger partial charge in [0.05, 0.1) is 19.5 Å². The number of amides is 1. The summed E-state index contributed by atoms with van der Waals surface area (Å²) in [5.74, 6) is -0.466. The van der Waals surface area contributed by atoms with Crippen LogP contribution in [0.4, 0.5) is 0 Å². The molecule has 9 nitrogen and oxygen atoms in total. The van der Waals surface area contributed by atoms with Gasteiger partial charge in [-0.1, -0.05) is 30.3 Å². The van der Waals surface area contributed by atoms with Crippen LogP contribution in [0.2, 0.25) is 0 Å². The molecule has 1 saturated heterocycles. The Morgan fingerprint density at radius 2 is 1.96 bits per heavy atom. The normalized spacial score (nSPS) is 29.3. The van der Waals surface area contributed by atoms with Crippen LogP contribution < -0.4 is 5.32 Å². The maximum absolute atomic E-state index is 11.5. The van der Waals surface area contributed by atoms with E-state index in [0.29, 0.717) is 0 Å². The first-order chi connectivity index (χ1) is 12.2. The molecule has 1 fully saturated rings. The number of nitrogens with one attached hydrogen (secondary N) is 1. The van der Waals surface area contributed by atoms with Gasteiger partial charge < -0.3 is 25.0 Å². The zero-order valence-corrected chi connectivity index (χ0v) is 15.3. The van der Waals surface area contributed by atoms with Gasteiger partial charge in [0.1, 0.15) is 24.4 Å². The standard InChI is InChI=1S/C16H23NO8S/c1-10(19)17-13-14(20)15(25-26(2,21)22)12(8-18)24-16(13)23-9-11-6-4-3-5-7-11/h3-7,12-16,18,20H,8-9H2,1-2H3,(H,17,19)/t12-,13-,14+,15+,16+/m0/s1. The van der Waals surface area contributed by atoms with Crippen LogP contribution in [0.25, 0.3) is 0 Å². The summed E-state index contributed by atoms with van der Waals surface area (Å²) < 4.78 is 38.9. The van der Waals surface area contributed by atoms with Crippen molar-refractivity contribution in [1.29, 1.82) is 0 Å². The van der Waals surface area contributed by atoms with E-state index >= 15 is 0 Å². The van der Waals surface area contributed by atoms with E-state index in [0.717, 1.165) is 11.8 Å². The van der Waals surface area contributed by atoms with E-state index in [1.54, 1.807) is 0 Å². The Balaban J connectivity index is 2.18. The largest absolute Gasteiger partial charge is 0.394 e. The number of ether oxygens (including phenoxy) is 2. The fourth-order valence-corrected chi connectivity index (χ4v) is 3.31. The van der Waals surface area contributed by atoms with Crippen LogP contribution in [0.5, 0.6) is 0 Å². The Hall–Kier alpha value is -1.56. The van der Waals surface area contributed by atoms with Crippen LogP contribution in [0.1, 0.15) is 12.5 Å².